The number of benzene rings is 1. The van der Waals surface area contributed by atoms with Crippen LogP contribution >= 0.6 is 11.8 Å². The monoisotopic (exact) mass is 367 g/mol. The van der Waals surface area contributed by atoms with Gasteiger partial charge in [0.15, 0.2) is 6.61 Å². The highest BCUT2D eigenvalue weighted by Crippen LogP contribution is 2.27. The lowest BCUT2D eigenvalue weighted by Crippen LogP contribution is -2.57. The van der Waals surface area contributed by atoms with Crippen LogP contribution in [-0.4, -0.2) is 47.2 Å². The van der Waals surface area contributed by atoms with E-state index in [1.807, 2.05) is 6.07 Å². The van der Waals surface area contributed by atoms with E-state index in [0.29, 0.717) is 36.9 Å². The van der Waals surface area contributed by atoms with Crippen LogP contribution in [0.1, 0.15) is 26.7 Å². The van der Waals surface area contributed by atoms with E-state index < -0.39 is 17.4 Å². The van der Waals surface area contributed by atoms with Gasteiger partial charge < -0.3 is 19.9 Å². The molecule has 0 aliphatic carbocycles. The SMILES string of the molecule is CC(C)COc1cccc(OCC(=O)NC2(C(=O)O)CCSCC2)c1. The van der Waals surface area contributed by atoms with Gasteiger partial charge in [-0.3, -0.25) is 4.79 Å². The molecule has 1 heterocycles. The summed E-state index contributed by atoms with van der Waals surface area (Å²) >= 11 is 1.70. The zero-order valence-electron chi connectivity index (χ0n) is 14.6. The van der Waals surface area contributed by atoms with Crippen molar-refractivity contribution in [2.45, 2.75) is 32.2 Å². The molecule has 1 fully saturated rings. The van der Waals surface area contributed by atoms with E-state index >= 15 is 0 Å². The van der Waals surface area contributed by atoms with Crippen molar-refractivity contribution in [3.8, 4) is 11.5 Å². The topological polar surface area (TPSA) is 84.9 Å². The van der Waals surface area contributed by atoms with Gasteiger partial charge in [0, 0.05) is 6.07 Å². The number of rotatable bonds is 8. The number of aliphatic carboxylic acids is 1. The maximum Gasteiger partial charge on any atom is 0.329 e. The first-order valence-electron chi connectivity index (χ1n) is 8.39. The zero-order valence-corrected chi connectivity index (χ0v) is 15.4. The van der Waals surface area contributed by atoms with Gasteiger partial charge in [-0.25, -0.2) is 4.79 Å². The standard InChI is InChI=1S/C18H25NO5S/c1-13(2)11-23-14-4-3-5-15(10-14)24-12-16(20)19-18(17(21)22)6-8-25-9-7-18/h3-5,10,13H,6-9,11-12H2,1-2H3,(H,19,20)(H,21,22). The second-order valence-corrected chi connectivity index (χ2v) is 7.74. The molecule has 1 aliphatic rings. The molecule has 2 rings (SSSR count). The van der Waals surface area contributed by atoms with Crippen LogP contribution in [-0.2, 0) is 9.59 Å². The fourth-order valence-electron chi connectivity index (χ4n) is 2.48. The Balaban J connectivity index is 1.89. The normalized spacial score (nSPS) is 16.3. The second-order valence-electron chi connectivity index (χ2n) is 6.52. The second kappa shape index (κ2) is 8.99. The fraction of sp³-hybridized carbons (Fsp3) is 0.556. The maximum absolute atomic E-state index is 12.2. The molecule has 6 nitrogen and oxygen atoms in total. The van der Waals surface area contributed by atoms with Crippen molar-refractivity contribution >= 4 is 23.6 Å². The highest BCUT2D eigenvalue weighted by molar-refractivity contribution is 7.99. The molecule has 25 heavy (non-hydrogen) atoms. The zero-order chi connectivity index (χ0) is 18.3. The number of thioether (sulfide) groups is 1. The molecule has 1 saturated heterocycles. The predicted molar refractivity (Wildman–Crippen MR) is 97.3 cm³/mol. The highest BCUT2D eigenvalue weighted by atomic mass is 32.2. The number of carbonyl (C=O) groups is 2. The molecule has 0 unspecified atom stereocenters. The van der Waals surface area contributed by atoms with Crippen molar-refractivity contribution in [2.24, 2.45) is 5.92 Å². The van der Waals surface area contributed by atoms with Gasteiger partial charge >= 0.3 is 5.97 Å². The summed E-state index contributed by atoms with van der Waals surface area (Å²) in [6.07, 6.45) is 0.856. The van der Waals surface area contributed by atoms with E-state index in [1.165, 1.54) is 0 Å². The Morgan fingerprint density at radius 2 is 1.88 bits per heavy atom. The lowest BCUT2D eigenvalue weighted by molar-refractivity contribution is -0.148. The van der Waals surface area contributed by atoms with Crippen LogP contribution in [0.3, 0.4) is 0 Å². The quantitative estimate of drug-likeness (QED) is 0.735. The molecule has 0 spiro atoms. The molecule has 1 aromatic rings. The summed E-state index contributed by atoms with van der Waals surface area (Å²) in [5.74, 6) is 1.65. The first kappa shape index (κ1) is 19.4. The van der Waals surface area contributed by atoms with Crippen LogP contribution in [0.5, 0.6) is 11.5 Å². The third kappa shape index (κ3) is 5.85. The average Bonchev–Trinajstić information content (AvgIpc) is 2.59. The molecule has 1 aromatic carbocycles. The molecule has 1 aliphatic heterocycles. The maximum atomic E-state index is 12.2. The fourth-order valence-corrected chi connectivity index (χ4v) is 3.67. The number of hydrogen-bond acceptors (Lipinski definition) is 5. The molecule has 0 aromatic heterocycles. The van der Waals surface area contributed by atoms with E-state index in [0.717, 1.165) is 11.5 Å². The molecular weight excluding hydrogens is 342 g/mol. The Bertz CT molecular complexity index is 599. The Labute approximate surface area is 152 Å². The Morgan fingerprint density at radius 1 is 1.24 bits per heavy atom. The molecular formula is C18H25NO5S. The number of amides is 1. The lowest BCUT2D eigenvalue weighted by Gasteiger charge is -2.33. The minimum absolute atomic E-state index is 0.226. The minimum Gasteiger partial charge on any atom is -0.493 e. The molecule has 1 amide bonds. The van der Waals surface area contributed by atoms with Crippen molar-refractivity contribution in [3.63, 3.8) is 0 Å². The van der Waals surface area contributed by atoms with Crippen LogP contribution < -0.4 is 14.8 Å². The summed E-state index contributed by atoms with van der Waals surface area (Å²) in [6.45, 7) is 4.50. The first-order valence-corrected chi connectivity index (χ1v) is 9.54. The van der Waals surface area contributed by atoms with Gasteiger partial charge in [0.1, 0.15) is 17.0 Å². The number of hydrogen-bond donors (Lipinski definition) is 2. The van der Waals surface area contributed by atoms with Crippen LogP contribution in [0.15, 0.2) is 24.3 Å². The number of carbonyl (C=O) groups excluding carboxylic acids is 1. The van der Waals surface area contributed by atoms with Crippen molar-refractivity contribution in [1.29, 1.82) is 0 Å². The van der Waals surface area contributed by atoms with Crippen molar-refractivity contribution in [2.75, 3.05) is 24.7 Å². The Kier molecular flexibility index (Phi) is 6.99. The van der Waals surface area contributed by atoms with Crippen molar-refractivity contribution in [3.05, 3.63) is 24.3 Å². The average molecular weight is 367 g/mol. The van der Waals surface area contributed by atoms with Crippen LogP contribution in [0.4, 0.5) is 0 Å². The van der Waals surface area contributed by atoms with Crippen LogP contribution in [0.25, 0.3) is 0 Å². The summed E-state index contributed by atoms with van der Waals surface area (Å²) in [5, 5.41) is 12.1. The first-order chi connectivity index (χ1) is 11.9. The third-order valence-electron chi connectivity index (χ3n) is 3.89. The smallest absolute Gasteiger partial charge is 0.329 e. The molecule has 138 valence electrons. The van der Waals surface area contributed by atoms with Crippen molar-refractivity contribution in [1.82, 2.24) is 5.32 Å². The van der Waals surface area contributed by atoms with E-state index in [4.69, 9.17) is 9.47 Å². The van der Waals surface area contributed by atoms with Crippen molar-refractivity contribution < 1.29 is 24.2 Å². The van der Waals surface area contributed by atoms with Gasteiger partial charge in [-0.1, -0.05) is 19.9 Å². The van der Waals surface area contributed by atoms with Crippen LogP contribution in [0.2, 0.25) is 0 Å². The van der Waals surface area contributed by atoms with Crippen LogP contribution in [0, 0.1) is 5.92 Å². The number of carboxylic acids is 1. The number of ether oxygens (including phenoxy) is 2. The summed E-state index contributed by atoms with van der Waals surface area (Å²) in [7, 11) is 0. The summed E-state index contributed by atoms with van der Waals surface area (Å²) in [5.41, 5.74) is -1.17. The molecule has 0 atom stereocenters. The molecule has 0 saturated carbocycles. The molecule has 2 N–H and O–H groups in total. The minimum atomic E-state index is -1.17. The summed E-state index contributed by atoms with van der Waals surface area (Å²) < 4.78 is 11.1. The molecule has 0 radical (unpaired) electrons. The third-order valence-corrected chi connectivity index (χ3v) is 4.88. The van der Waals surface area contributed by atoms with Gasteiger partial charge in [-0.15, -0.1) is 0 Å². The van der Waals surface area contributed by atoms with E-state index in [1.54, 1.807) is 30.0 Å². The summed E-state index contributed by atoms with van der Waals surface area (Å²) in [6, 6.07) is 7.08. The van der Waals surface area contributed by atoms with Gasteiger partial charge in [0.2, 0.25) is 0 Å². The van der Waals surface area contributed by atoms with Gasteiger partial charge in [-0.05, 0) is 42.4 Å². The Hall–Kier alpha value is -1.89. The van der Waals surface area contributed by atoms with Gasteiger partial charge in [0.25, 0.3) is 5.91 Å². The van der Waals surface area contributed by atoms with E-state index in [-0.39, 0.29) is 6.61 Å². The summed E-state index contributed by atoms with van der Waals surface area (Å²) in [4.78, 5) is 23.7. The predicted octanol–water partition coefficient (Wildman–Crippen LogP) is 2.57. The number of nitrogens with one attached hydrogen (secondary N) is 1. The largest absolute Gasteiger partial charge is 0.493 e. The van der Waals surface area contributed by atoms with E-state index in [2.05, 4.69) is 19.2 Å². The lowest BCUT2D eigenvalue weighted by atomic mass is 9.92. The molecule has 7 heteroatoms. The van der Waals surface area contributed by atoms with Gasteiger partial charge in [0.05, 0.1) is 6.61 Å². The Morgan fingerprint density at radius 3 is 2.48 bits per heavy atom. The number of carboxylic acid groups (broad SMARTS) is 1. The van der Waals surface area contributed by atoms with E-state index in [9.17, 15) is 14.7 Å². The van der Waals surface area contributed by atoms with Gasteiger partial charge in [-0.2, -0.15) is 11.8 Å². The highest BCUT2D eigenvalue weighted by Gasteiger charge is 2.41. The molecule has 0 bridgehead atoms.